The van der Waals surface area contributed by atoms with Crippen molar-refractivity contribution >= 4 is 29.4 Å². The number of carbonyl (C=O) groups is 2. The van der Waals surface area contributed by atoms with Crippen LogP contribution in [0.1, 0.15) is 62.4 Å². The normalized spacial score (nSPS) is 16.4. The summed E-state index contributed by atoms with van der Waals surface area (Å²) in [5.74, 6) is -0.170. The van der Waals surface area contributed by atoms with Crippen molar-refractivity contribution in [2.75, 3.05) is 6.26 Å². The standard InChI is InChI=1S/C20H29N5O3S/c1-12-16(13(2)25-19(21-12)23-20(24-25)29-4)11-17(26)28-14(3)18(27)22-15-9-7-5-6-8-10-15/h14-15H,5-11H2,1-4H3,(H,22,27)/t14-/m1/s1. The molecule has 1 saturated carbocycles. The Bertz CT molecular complexity index is 890. The van der Waals surface area contributed by atoms with Crippen LogP contribution in [-0.2, 0) is 20.7 Å². The lowest BCUT2D eigenvalue weighted by atomic mass is 10.1. The van der Waals surface area contributed by atoms with Crippen LogP contribution in [0, 0.1) is 13.8 Å². The fourth-order valence-electron chi connectivity index (χ4n) is 3.71. The average molecular weight is 420 g/mol. The van der Waals surface area contributed by atoms with Gasteiger partial charge in [0.2, 0.25) is 5.16 Å². The summed E-state index contributed by atoms with van der Waals surface area (Å²) >= 11 is 1.44. The third-order valence-electron chi connectivity index (χ3n) is 5.41. The van der Waals surface area contributed by atoms with Gasteiger partial charge in [-0.3, -0.25) is 9.59 Å². The van der Waals surface area contributed by atoms with Crippen LogP contribution in [0.5, 0.6) is 0 Å². The van der Waals surface area contributed by atoms with Gasteiger partial charge in [0.05, 0.1) is 6.42 Å². The number of ether oxygens (including phenoxy) is 1. The van der Waals surface area contributed by atoms with E-state index >= 15 is 0 Å². The molecule has 0 bridgehead atoms. The lowest BCUT2D eigenvalue weighted by molar-refractivity contribution is -0.154. The van der Waals surface area contributed by atoms with Crippen molar-refractivity contribution in [3.8, 4) is 0 Å². The highest BCUT2D eigenvalue weighted by molar-refractivity contribution is 7.98. The summed E-state index contributed by atoms with van der Waals surface area (Å²) in [6, 6.07) is 0.181. The van der Waals surface area contributed by atoms with Crippen molar-refractivity contribution < 1.29 is 14.3 Å². The number of esters is 1. The molecule has 1 atom stereocenters. The summed E-state index contributed by atoms with van der Waals surface area (Å²) < 4.78 is 7.05. The van der Waals surface area contributed by atoms with E-state index in [1.807, 2.05) is 20.1 Å². The molecule has 2 aromatic rings. The summed E-state index contributed by atoms with van der Waals surface area (Å²) in [4.78, 5) is 33.7. The Kier molecular flexibility index (Phi) is 7.10. The van der Waals surface area contributed by atoms with Gasteiger partial charge in [-0.05, 0) is 39.9 Å². The number of rotatable bonds is 6. The van der Waals surface area contributed by atoms with Crippen molar-refractivity contribution in [1.82, 2.24) is 24.9 Å². The fraction of sp³-hybridized carbons (Fsp3) is 0.650. The molecule has 9 heteroatoms. The number of nitrogens with zero attached hydrogens (tertiary/aromatic N) is 4. The van der Waals surface area contributed by atoms with E-state index in [2.05, 4.69) is 20.4 Å². The zero-order valence-corrected chi connectivity index (χ0v) is 18.3. The van der Waals surface area contributed by atoms with Crippen molar-refractivity contribution in [2.24, 2.45) is 0 Å². The molecule has 1 aliphatic rings. The van der Waals surface area contributed by atoms with Gasteiger partial charge in [0.25, 0.3) is 11.7 Å². The second-order valence-corrected chi connectivity index (χ2v) is 8.35. The summed E-state index contributed by atoms with van der Waals surface area (Å²) in [6.45, 7) is 5.34. The number of hydrogen-bond donors (Lipinski definition) is 1. The maximum atomic E-state index is 12.5. The summed E-state index contributed by atoms with van der Waals surface area (Å²) in [6.07, 6.45) is 7.81. The van der Waals surface area contributed by atoms with Gasteiger partial charge in [-0.15, -0.1) is 5.10 Å². The van der Waals surface area contributed by atoms with Gasteiger partial charge in [0.1, 0.15) is 0 Å². The third kappa shape index (κ3) is 5.26. The minimum atomic E-state index is -0.822. The molecule has 158 valence electrons. The number of amides is 1. The second kappa shape index (κ2) is 9.56. The zero-order chi connectivity index (χ0) is 21.0. The Hall–Kier alpha value is -2.16. The fourth-order valence-corrected chi connectivity index (χ4v) is 4.05. The maximum absolute atomic E-state index is 12.5. The van der Waals surface area contributed by atoms with E-state index in [4.69, 9.17) is 4.74 Å². The van der Waals surface area contributed by atoms with E-state index in [0.717, 1.165) is 36.9 Å². The Morgan fingerprint density at radius 2 is 1.90 bits per heavy atom. The maximum Gasteiger partial charge on any atom is 0.311 e. The Labute approximate surface area is 175 Å². The molecule has 0 saturated heterocycles. The number of fused-ring (bicyclic) bond motifs is 1. The molecule has 2 heterocycles. The summed E-state index contributed by atoms with van der Waals surface area (Å²) in [5, 5.41) is 8.05. The number of carbonyl (C=O) groups excluding carboxylic acids is 2. The van der Waals surface area contributed by atoms with E-state index < -0.39 is 12.1 Å². The largest absolute Gasteiger partial charge is 0.452 e. The van der Waals surface area contributed by atoms with Gasteiger partial charge in [-0.25, -0.2) is 9.50 Å². The van der Waals surface area contributed by atoms with Crippen LogP contribution in [0.4, 0.5) is 0 Å². The molecule has 8 nitrogen and oxygen atoms in total. The zero-order valence-electron chi connectivity index (χ0n) is 17.5. The van der Waals surface area contributed by atoms with Gasteiger partial charge in [-0.1, -0.05) is 37.4 Å². The average Bonchev–Trinajstić information content (AvgIpc) is 2.93. The van der Waals surface area contributed by atoms with Crippen LogP contribution in [0.15, 0.2) is 5.16 Å². The lowest BCUT2D eigenvalue weighted by Gasteiger charge is -2.20. The lowest BCUT2D eigenvalue weighted by Crippen LogP contribution is -2.42. The van der Waals surface area contributed by atoms with E-state index in [0.29, 0.717) is 16.6 Å². The van der Waals surface area contributed by atoms with E-state index in [9.17, 15) is 9.59 Å². The Balaban J connectivity index is 1.63. The summed E-state index contributed by atoms with van der Waals surface area (Å²) in [5.41, 5.74) is 2.26. The molecule has 0 radical (unpaired) electrons. The minimum absolute atomic E-state index is 0.0378. The monoisotopic (exact) mass is 419 g/mol. The van der Waals surface area contributed by atoms with Crippen LogP contribution in [0.2, 0.25) is 0 Å². The molecule has 1 aliphatic carbocycles. The quantitative estimate of drug-likeness (QED) is 0.437. The first kappa shape index (κ1) is 21.5. The van der Waals surface area contributed by atoms with Crippen molar-refractivity contribution in [1.29, 1.82) is 0 Å². The predicted octanol–water partition coefficient (Wildman–Crippen LogP) is 2.78. The topological polar surface area (TPSA) is 98.5 Å². The molecular weight excluding hydrogens is 390 g/mol. The van der Waals surface area contributed by atoms with Crippen LogP contribution >= 0.6 is 11.8 Å². The third-order valence-corrected chi connectivity index (χ3v) is 5.95. The van der Waals surface area contributed by atoms with Gasteiger partial charge in [0.15, 0.2) is 6.10 Å². The number of aryl methyl sites for hydroxylation is 2. The first-order valence-electron chi connectivity index (χ1n) is 10.2. The molecule has 0 spiro atoms. The summed E-state index contributed by atoms with van der Waals surface area (Å²) in [7, 11) is 0. The van der Waals surface area contributed by atoms with Crippen molar-refractivity contribution in [2.45, 2.75) is 83.0 Å². The van der Waals surface area contributed by atoms with E-state index in [1.54, 1.807) is 11.4 Å². The Morgan fingerprint density at radius 1 is 1.21 bits per heavy atom. The Morgan fingerprint density at radius 3 is 2.55 bits per heavy atom. The minimum Gasteiger partial charge on any atom is -0.452 e. The molecular formula is C20H29N5O3S. The molecule has 1 amide bonds. The first-order valence-corrected chi connectivity index (χ1v) is 11.4. The van der Waals surface area contributed by atoms with Crippen molar-refractivity contribution in [3.63, 3.8) is 0 Å². The first-order chi connectivity index (χ1) is 13.9. The highest BCUT2D eigenvalue weighted by Crippen LogP contribution is 2.19. The second-order valence-electron chi connectivity index (χ2n) is 7.58. The van der Waals surface area contributed by atoms with Crippen molar-refractivity contribution in [3.05, 3.63) is 17.0 Å². The van der Waals surface area contributed by atoms with Gasteiger partial charge >= 0.3 is 5.97 Å². The van der Waals surface area contributed by atoms with Crippen LogP contribution in [-0.4, -0.2) is 49.9 Å². The molecule has 1 N–H and O–H groups in total. The number of hydrogen-bond acceptors (Lipinski definition) is 7. The number of nitrogens with one attached hydrogen (secondary N) is 1. The van der Waals surface area contributed by atoms with E-state index in [1.165, 1.54) is 24.6 Å². The highest BCUT2D eigenvalue weighted by atomic mass is 32.2. The van der Waals surface area contributed by atoms with Gasteiger partial charge < -0.3 is 10.1 Å². The number of thioether (sulfide) groups is 1. The van der Waals surface area contributed by atoms with E-state index in [-0.39, 0.29) is 18.4 Å². The highest BCUT2D eigenvalue weighted by Gasteiger charge is 2.23. The predicted molar refractivity (Wildman–Crippen MR) is 111 cm³/mol. The molecule has 0 aliphatic heterocycles. The molecule has 29 heavy (non-hydrogen) atoms. The molecule has 2 aromatic heterocycles. The van der Waals surface area contributed by atoms with Gasteiger partial charge in [0, 0.05) is 23.0 Å². The smallest absolute Gasteiger partial charge is 0.311 e. The SMILES string of the molecule is CSc1nc2nc(C)c(CC(=O)O[C@H](C)C(=O)NC3CCCCCC3)c(C)n2n1. The van der Waals surface area contributed by atoms with Crippen LogP contribution in [0.25, 0.3) is 5.78 Å². The molecule has 3 rings (SSSR count). The molecule has 0 unspecified atom stereocenters. The number of aromatic nitrogens is 4. The molecule has 0 aromatic carbocycles. The van der Waals surface area contributed by atoms with Gasteiger partial charge in [-0.2, -0.15) is 4.98 Å². The van der Waals surface area contributed by atoms with Crippen LogP contribution < -0.4 is 5.32 Å². The molecule has 1 fully saturated rings. The van der Waals surface area contributed by atoms with Crippen LogP contribution in [0.3, 0.4) is 0 Å².